The van der Waals surface area contributed by atoms with Crippen molar-refractivity contribution in [2.24, 2.45) is 0 Å². The summed E-state index contributed by atoms with van der Waals surface area (Å²) in [6, 6.07) is 9.91. The summed E-state index contributed by atoms with van der Waals surface area (Å²) in [6.07, 6.45) is -0.387. The fourth-order valence-electron chi connectivity index (χ4n) is 4.16. The number of aryl methyl sites for hydroxylation is 2. The molecule has 11 heteroatoms. The minimum Gasteiger partial charge on any atom is -0.508 e. The molecule has 0 bridgehead atoms. The van der Waals surface area contributed by atoms with Gasteiger partial charge in [0.2, 0.25) is 11.7 Å². The topological polar surface area (TPSA) is 75.1 Å². The number of carbonyl (C=O) groups is 1. The fraction of sp³-hybridized carbons (Fsp3) is 0.115. The van der Waals surface area contributed by atoms with E-state index in [4.69, 9.17) is 0 Å². The zero-order chi connectivity index (χ0) is 26.4. The van der Waals surface area contributed by atoms with Crippen LogP contribution in [0.3, 0.4) is 0 Å². The van der Waals surface area contributed by atoms with E-state index in [1.807, 2.05) is 0 Å². The first-order valence-electron chi connectivity index (χ1n) is 10.9. The van der Waals surface area contributed by atoms with Crippen molar-refractivity contribution in [1.29, 1.82) is 0 Å². The zero-order valence-electron chi connectivity index (χ0n) is 18.7. The van der Waals surface area contributed by atoms with Gasteiger partial charge in [0.15, 0.2) is 29.1 Å². The number of anilines is 1. The molecule has 4 aromatic rings. The van der Waals surface area contributed by atoms with Crippen molar-refractivity contribution in [3.8, 4) is 28.3 Å². The number of amides is 1. The lowest BCUT2D eigenvalue weighted by molar-refractivity contribution is -0.115. The molecule has 0 saturated heterocycles. The highest BCUT2D eigenvalue weighted by Crippen LogP contribution is 2.36. The number of carbonyl (C=O) groups excluding carboxylic acids is 1. The number of hydrogen-bond acceptors (Lipinski definition) is 4. The summed E-state index contributed by atoms with van der Waals surface area (Å²) < 4.78 is 82.4. The minimum atomic E-state index is -2.32. The quantitative estimate of drug-likeness (QED) is 0.210. The van der Waals surface area contributed by atoms with E-state index in [9.17, 15) is 36.2 Å². The van der Waals surface area contributed by atoms with Crippen LogP contribution in [0.4, 0.5) is 32.2 Å². The Balaban J connectivity index is 1.57. The summed E-state index contributed by atoms with van der Waals surface area (Å²) in [5, 5.41) is 12.0. The van der Waals surface area contributed by atoms with Crippen LogP contribution in [0, 0.1) is 34.9 Å². The lowest BCUT2D eigenvalue weighted by atomic mass is 9.91. The molecule has 0 spiro atoms. The molecule has 37 heavy (non-hydrogen) atoms. The molecule has 0 radical (unpaired) electrons. The molecule has 5 rings (SSSR count). The molecule has 5 nitrogen and oxygen atoms in total. The van der Waals surface area contributed by atoms with Crippen molar-refractivity contribution < 1.29 is 36.2 Å². The van der Waals surface area contributed by atoms with Crippen LogP contribution < -0.4 is 5.32 Å². The van der Waals surface area contributed by atoms with Crippen molar-refractivity contribution >= 4 is 11.7 Å². The van der Waals surface area contributed by atoms with Crippen LogP contribution in [-0.2, 0) is 24.1 Å². The van der Waals surface area contributed by atoms with E-state index in [-0.39, 0.29) is 17.3 Å². The molecule has 0 saturated carbocycles. The van der Waals surface area contributed by atoms with E-state index in [0.29, 0.717) is 40.9 Å². The third-order valence-electron chi connectivity index (χ3n) is 5.96. The monoisotopic (exact) mass is 515 g/mol. The lowest BCUT2D eigenvalue weighted by Crippen LogP contribution is -2.21. The molecule has 1 amide bonds. The molecule has 1 heterocycles. The number of benzene rings is 3. The summed E-state index contributed by atoms with van der Waals surface area (Å²) in [7, 11) is 0. The Morgan fingerprint density at radius 2 is 1.46 bits per heavy atom. The van der Waals surface area contributed by atoms with Crippen molar-refractivity contribution in [2.75, 3.05) is 5.32 Å². The number of aromatic nitrogens is 2. The van der Waals surface area contributed by atoms with Crippen molar-refractivity contribution in [3.05, 3.63) is 94.2 Å². The molecule has 2 N–H and O–H groups in total. The Morgan fingerprint density at radius 1 is 0.811 bits per heavy atom. The number of aromatic hydroxyl groups is 1. The maximum Gasteiger partial charge on any atom is 0.230 e. The number of nitrogens with zero attached hydrogens (tertiary/aromatic N) is 2. The number of nitrogens with one attached hydrogen (secondary N) is 1. The van der Waals surface area contributed by atoms with Gasteiger partial charge in [-0.1, -0.05) is 0 Å². The highest BCUT2D eigenvalue weighted by atomic mass is 19.2. The SMILES string of the molecule is O=C(Cc1c(F)c(F)c(F)c(F)c1F)Nc1nc2c(nc1-c1ccc(O)cc1)-c1ccc(F)cc1CC2. The van der Waals surface area contributed by atoms with Crippen molar-refractivity contribution in [3.63, 3.8) is 0 Å². The molecular weight excluding hydrogens is 500 g/mol. The zero-order valence-corrected chi connectivity index (χ0v) is 18.7. The number of halogens is 6. The van der Waals surface area contributed by atoms with Gasteiger partial charge in [0.25, 0.3) is 0 Å². The van der Waals surface area contributed by atoms with E-state index >= 15 is 0 Å². The van der Waals surface area contributed by atoms with Gasteiger partial charge in [-0.05, 0) is 60.9 Å². The van der Waals surface area contributed by atoms with Gasteiger partial charge >= 0.3 is 0 Å². The maximum absolute atomic E-state index is 14.1. The van der Waals surface area contributed by atoms with Crippen molar-refractivity contribution in [1.82, 2.24) is 9.97 Å². The number of phenols is 1. The second-order valence-corrected chi connectivity index (χ2v) is 8.34. The van der Waals surface area contributed by atoms with Gasteiger partial charge in [-0.3, -0.25) is 4.79 Å². The summed E-state index contributed by atoms with van der Waals surface area (Å²) in [5.41, 5.74) is 1.45. The van der Waals surface area contributed by atoms with E-state index in [1.54, 1.807) is 6.07 Å². The molecule has 1 aliphatic rings. The summed E-state index contributed by atoms with van der Waals surface area (Å²) in [4.78, 5) is 21.8. The third kappa shape index (κ3) is 4.37. The van der Waals surface area contributed by atoms with Crippen LogP contribution in [0.25, 0.3) is 22.5 Å². The first kappa shape index (κ1) is 24.3. The molecule has 0 fully saturated rings. The molecule has 0 aliphatic heterocycles. The molecule has 188 valence electrons. The first-order chi connectivity index (χ1) is 17.6. The van der Waals surface area contributed by atoms with Gasteiger partial charge in [-0.15, -0.1) is 0 Å². The number of fused-ring (bicyclic) bond motifs is 3. The summed E-state index contributed by atoms with van der Waals surface area (Å²) >= 11 is 0. The first-order valence-corrected chi connectivity index (χ1v) is 10.9. The van der Waals surface area contributed by atoms with Crippen LogP contribution in [-0.4, -0.2) is 21.0 Å². The standard InChI is InChI=1S/C26H15F6N3O2/c27-13-4-7-15-12(9-13)3-8-17-25(15)35-24(11-1-5-14(36)6-2-11)26(33-17)34-18(37)10-16-19(28)21(30)23(32)22(31)20(16)29/h1-2,4-7,9,36H,3,8,10H2,(H,33,34,37). The van der Waals surface area contributed by atoms with E-state index in [0.717, 1.165) is 0 Å². The molecule has 1 aliphatic carbocycles. The molecule has 1 aromatic heterocycles. The highest BCUT2D eigenvalue weighted by molar-refractivity contribution is 5.95. The van der Waals surface area contributed by atoms with Crippen molar-refractivity contribution in [2.45, 2.75) is 19.3 Å². The molecular formula is C26H15F6N3O2. The Kier molecular flexibility index (Phi) is 6.06. The highest BCUT2D eigenvalue weighted by Gasteiger charge is 2.28. The number of phenolic OH excluding ortho intramolecular Hbond substituents is 1. The Bertz CT molecular complexity index is 1550. The van der Waals surface area contributed by atoms with Gasteiger partial charge in [-0.2, -0.15) is 0 Å². The third-order valence-corrected chi connectivity index (χ3v) is 5.96. The second kappa shape index (κ2) is 9.23. The predicted octanol–water partition coefficient (Wildman–Crippen LogP) is 5.63. The number of rotatable bonds is 4. The number of hydrogen-bond donors (Lipinski definition) is 2. The van der Waals surface area contributed by atoms with Crippen LogP contribution in [0.2, 0.25) is 0 Å². The average Bonchev–Trinajstić information content (AvgIpc) is 2.88. The largest absolute Gasteiger partial charge is 0.508 e. The van der Waals surface area contributed by atoms with E-state index in [2.05, 4.69) is 15.3 Å². The lowest BCUT2D eigenvalue weighted by Gasteiger charge is -2.21. The summed E-state index contributed by atoms with van der Waals surface area (Å²) in [5.74, 6) is -12.5. The van der Waals surface area contributed by atoms with Gasteiger partial charge in [-0.25, -0.2) is 36.3 Å². The van der Waals surface area contributed by atoms with Crippen LogP contribution in [0.15, 0.2) is 42.5 Å². The van der Waals surface area contributed by atoms with Gasteiger partial charge in [0.1, 0.15) is 17.3 Å². The molecule has 0 atom stereocenters. The smallest absolute Gasteiger partial charge is 0.230 e. The Labute approximate surface area is 205 Å². The second-order valence-electron chi connectivity index (χ2n) is 8.34. The van der Waals surface area contributed by atoms with E-state index in [1.165, 1.54) is 36.4 Å². The Morgan fingerprint density at radius 3 is 2.14 bits per heavy atom. The van der Waals surface area contributed by atoms with Crippen LogP contribution in [0.1, 0.15) is 16.8 Å². The molecule has 3 aromatic carbocycles. The van der Waals surface area contributed by atoms with E-state index < -0.39 is 52.8 Å². The fourth-order valence-corrected chi connectivity index (χ4v) is 4.16. The van der Waals surface area contributed by atoms with Crippen LogP contribution >= 0.6 is 0 Å². The predicted molar refractivity (Wildman–Crippen MR) is 121 cm³/mol. The maximum atomic E-state index is 14.1. The normalized spacial score (nSPS) is 12.2. The van der Waals surface area contributed by atoms with Gasteiger partial charge < -0.3 is 10.4 Å². The van der Waals surface area contributed by atoms with Crippen LogP contribution in [0.5, 0.6) is 5.75 Å². The van der Waals surface area contributed by atoms with Gasteiger partial charge in [0, 0.05) is 16.7 Å². The Hall–Kier alpha value is -4.41. The molecule has 0 unspecified atom stereocenters. The average molecular weight is 515 g/mol. The minimum absolute atomic E-state index is 0.0487. The summed E-state index contributed by atoms with van der Waals surface area (Å²) in [6.45, 7) is 0. The van der Waals surface area contributed by atoms with Gasteiger partial charge in [0.05, 0.1) is 17.8 Å².